The second-order valence-corrected chi connectivity index (χ2v) is 16.4. The summed E-state index contributed by atoms with van der Waals surface area (Å²) < 4.78 is 0. The molecular weight excluding hydrogens is 761 g/mol. The van der Waals surface area contributed by atoms with Gasteiger partial charge in [-0.3, -0.25) is 0 Å². The first-order valence-corrected chi connectivity index (χ1v) is 21.8. The monoisotopic (exact) mass is 802 g/mol. The van der Waals surface area contributed by atoms with E-state index in [1.807, 2.05) is 0 Å². The largest absolute Gasteiger partial charge is 0.310 e. The van der Waals surface area contributed by atoms with Crippen molar-refractivity contribution in [3.8, 4) is 44.5 Å². The molecule has 63 heavy (non-hydrogen) atoms. The summed E-state index contributed by atoms with van der Waals surface area (Å²) in [4.78, 5) is 4.91. The molecule has 0 atom stereocenters. The molecule has 0 saturated heterocycles. The summed E-state index contributed by atoms with van der Waals surface area (Å²) >= 11 is 0. The Morgan fingerprint density at radius 1 is 0.302 bits per heavy atom. The topological polar surface area (TPSA) is 6.48 Å². The minimum atomic E-state index is -0.559. The van der Waals surface area contributed by atoms with Gasteiger partial charge >= 0.3 is 0 Å². The molecule has 10 aromatic rings. The van der Waals surface area contributed by atoms with Crippen LogP contribution in [0.15, 0.2) is 255 Å². The van der Waals surface area contributed by atoms with Crippen LogP contribution in [0.5, 0.6) is 0 Å². The summed E-state index contributed by atoms with van der Waals surface area (Å²) in [6.45, 7) is 0. The van der Waals surface area contributed by atoms with Gasteiger partial charge in [-0.25, -0.2) is 0 Å². The van der Waals surface area contributed by atoms with Crippen LogP contribution < -0.4 is 9.80 Å². The maximum atomic E-state index is 2.46. The van der Waals surface area contributed by atoms with Gasteiger partial charge in [0.1, 0.15) is 0 Å². The molecule has 0 fully saturated rings. The molecule has 2 aliphatic rings. The molecule has 1 aliphatic carbocycles. The van der Waals surface area contributed by atoms with Crippen molar-refractivity contribution < 1.29 is 0 Å². The molecule has 2 nitrogen and oxygen atoms in total. The molecule has 0 amide bonds. The first-order chi connectivity index (χ1) is 31.3. The van der Waals surface area contributed by atoms with Gasteiger partial charge in [0.2, 0.25) is 0 Å². The third kappa shape index (κ3) is 5.87. The van der Waals surface area contributed by atoms with Crippen LogP contribution in [-0.4, -0.2) is 0 Å². The first-order valence-electron chi connectivity index (χ1n) is 21.8. The number of hydrogen-bond donors (Lipinski definition) is 0. The fourth-order valence-electron chi connectivity index (χ4n) is 10.3. The molecule has 0 radical (unpaired) electrons. The zero-order valence-electron chi connectivity index (χ0n) is 34.6. The Balaban J connectivity index is 1.07. The Bertz CT molecular complexity index is 3220. The third-order valence-electron chi connectivity index (χ3n) is 13.1. The van der Waals surface area contributed by atoms with E-state index in [-0.39, 0.29) is 0 Å². The van der Waals surface area contributed by atoms with Crippen molar-refractivity contribution in [2.75, 3.05) is 9.80 Å². The number of fused-ring (bicyclic) bond motifs is 9. The van der Waals surface area contributed by atoms with Gasteiger partial charge in [-0.1, -0.05) is 194 Å². The Morgan fingerprint density at radius 3 is 1.30 bits per heavy atom. The average Bonchev–Trinajstić information content (AvgIpc) is 3.67. The van der Waals surface area contributed by atoms with Crippen LogP contribution in [0.25, 0.3) is 44.5 Å². The van der Waals surface area contributed by atoms with Crippen LogP contribution in [0.4, 0.5) is 34.1 Å². The SMILES string of the molecule is c1ccc(-c2ccc(N(c3ccc(-c4cccc(-c5ccccc5)c4)cc3)c3cccc4c3-c3ccccc3C43c4ccccc4N(c4ccccc4)c4ccccc43)cc2)cc1. The van der Waals surface area contributed by atoms with Crippen molar-refractivity contribution in [1.29, 1.82) is 0 Å². The van der Waals surface area contributed by atoms with Crippen LogP contribution >= 0.6 is 0 Å². The van der Waals surface area contributed by atoms with Crippen LogP contribution in [0.1, 0.15) is 22.3 Å². The molecule has 2 heteroatoms. The van der Waals surface area contributed by atoms with Crippen molar-refractivity contribution >= 4 is 34.1 Å². The van der Waals surface area contributed by atoms with Crippen molar-refractivity contribution in [2.24, 2.45) is 0 Å². The Hall–Kier alpha value is -8.20. The van der Waals surface area contributed by atoms with E-state index in [1.54, 1.807) is 0 Å². The highest BCUT2D eigenvalue weighted by Crippen LogP contribution is 2.65. The Kier molecular flexibility index (Phi) is 8.76. The molecule has 0 saturated carbocycles. The number of rotatable bonds is 7. The molecule has 0 N–H and O–H groups in total. The van der Waals surface area contributed by atoms with Crippen molar-refractivity contribution in [3.05, 3.63) is 277 Å². The standard InChI is InChI=1S/C61H42N2/c1-4-18-43(19-5-1)45-34-38-50(39-35-45)62(51-40-36-46(37-41-51)48-23-16-22-47(42-48)44-20-6-2-7-21-44)59-33-17-30-56-60(59)52-26-10-11-27-53(52)61(56)54-28-12-14-31-57(54)63(49-24-8-3-9-25-49)58-32-15-13-29-55(58)61/h1-42H. The molecule has 0 unspecified atom stereocenters. The quantitative estimate of drug-likeness (QED) is 0.158. The minimum Gasteiger partial charge on any atom is -0.310 e. The van der Waals surface area contributed by atoms with Gasteiger partial charge in [-0.2, -0.15) is 0 Å². The summed E-state index contributed by atoms with van der Waals surface area (Å²) in [5.41, 5.74) is 21.1. The van der Waals surface area contributed by atoms with E-state index < -0.39 is 5.41 Å². The summed E-state index contributed by atoms with van der Waals surface area (Å²) in [6, 6.07) is 93.2. The third-order valence-corrected chi connectivity index (χ3v) is 13.1. The zero-order valence-corrected chi connectivity index (χ0v) is 34.6. The van der Waals surface area contributed by atoms with Crippen molar-refractivity contribution in [3.63, 3.8) is 0 Å². The Labute approximate surface area is 369 Å². The highest BCUT2D eigenvalue weighted by molar-refractivity contribution is 6.01. The lowest BCUT2D eigenvalue weighted by atomic mass is 9.64. The highest BCUT2D eigenvalue weighted by Gasteiger charge is 2.52. The predicted octanol–water partition coefficient (Wildman–Crippen LogP) is 16.3. The minimum absolute atomic E-state index is 0.559. The fourth-order valence-corrected chi connectivity index (χ4v) is 10.3. The van der Waals surface area contributed by atoms with Crippen LogP contribution in [0.3, 0.4) is 0 Å². The number of nitrogens with zero attached hydrogens (tertiary/aromatic N) is 2. The van der Waals surface area contributed by atoms with E-state index in [9.17, 15) is 0 Å². The highest BCUT2D eigenvalue weighted by atomic mass is 15.2. The maximum absolute atomic E-state index is 2.46. The van der Waals surface area contributed by atoms with E-state index in [4.69, 9.17) is 0 Å². The number of para-hydroxylation sites is 3. The van der Waals surface area contributed by atoms with E-state index >= 15 is 0 Å². The molecule has 0 bridgehead atoms. The maximum Gasteiger partial charge on any atom is 0.0755 e. The number of anilines is 6. The van der Waals surface area contributed by atoms with E-state index in [0.717, 1.165) is 22.7 Å². The lowest BCUT2D eigenvalue weighted by Gasteiger charge is -2.45. The molecular formula is C61H42N2. The molecule has 296 valence electrons. The predicted molar refractivity (Wildman–Crippen MR) is 263 cm³/mol. The summed E-state index contributed by atoms with van der Waals surface area (Å²) in [6.07, 6.45) is 0. The Morgan fingerprint density at radius 2 is 0.714 bits per heavy atom. The van der Waals surface area contributed by atoms with Gasteiger partial charge in [-0.05, 0) is 122 Å². The first kappa shape index (κ1) is 36.6. The second kappa shape index (κ2) is 15.1. The number of benzene rings is 10. The fraction of sp³-hybridized carbons (Fsp3) is 0.0164. The molecule has 1 heterocycles. The summed E-state index contributed by atoms with van der Waals surface area (Å²) in [5.74, 6) is 0. The van der Waals surface area contributed by atoms with E-state index in [2.05, 4.69) is 265 Å². The second-order valence-electron chi connectivity index (χ2n) is 16.4. The van der Waals surface area contributed by atoms with Crippen LogP contribution in [0, 0.1) is 0 Å². The lowest BCUT2D eigenvalue weighted by Crippen LogP contribution is -2.36. The van der Waals surface area contributed by atoms with Gasteiger partial charge < -0.3 is 9.80 Å². The lowest BCUT2D eigenvalue weighted by molar-refractivity contribution is 0.752. The van der Waals surface area contributed by atoms with Gasteiger partial charge in [-0.15, -0.1) is 0 Å². The zero-order chi connectivity index (χ0) is 41.7. The smallest absolute Gasteiger partial charge is 0.0755 e. The van der Waals surface area contributed by atoms with Crippen LogP contribution in [-0.2, 0) is 5.41 Å². The van der Waals surface area contributed by atoms with Gasteiger partial charge in [0.05, 0.1) is 22.5 Å². The molecule has 12 rings (SSSR count). The van der Waals surface area contributed by atoms with E-state index in [1.165, 1.54) is 78.1 Å². The average molecular weight is 803 g/mol. The molecule has 1 aliphatic heterocycles. The van der Waals surface area contributed by atoms with Crippen molar-refractivity contribution in [1.82, 2.24) is 0 Å². The normalized spacial score (nSPS) is 12.9. The molecule has 10 aromatic carbocycles. The summed E-state index contributed by atoms with van der Waals surface area (Å²) in [7, 11) is 0. The van der Waals surface area contributed by atoms with Crippen molar-refractivity contribution in [2.45, 2.75) is 5.41 Å². The van der Waals surface area contributed by atoms with Crippen LogP contribution in [0.2, 0.25) is 0 Å². The summed E-state index contributed by atoms with van der Waals surface area (Å²) in [5, 5.41) is 0. The van der Waals surface area contributed by atoms with Gasteiger partial charge in [0.25, 0.3) is 0 Å². The van der Waals surface area contributed by atoms with Gasteiger partial charge in [0, 0.05) is 22.6 Å². The van der Waals surface area contributed by atoms with Gasteiger partial charge in [0.15, 0.2) is 0 Å². The number of hydrogen-bond acceptors (Lipinski definition) is 2. The molecule has 1 spiro atoms. The van der Waals surface area contributed by atoms with E-state index in [0.29, 0.717) is 0 Å². The molecule has 0 aromatic heterocycles.